The lowest BCUT2D eigenvalue weighted by molar-refractivity contribution is -0.134. The summed E-state index contributed by atoms with van der Waals surface area (Å²) in [7, 11) is -5.21. The summed E-state index contributed by atoms with van der Waals surface area (Å²) in [5.41, 5.74) is -1.31. The highest BCUT2D eigenvalue weighted by molar-refractivity contribution is 7.86. The average Bonchev–Trinajstić information content (AvgIpc) is 3.15. The molecule has 1 aromatic rings. The molecule has 0 spiro atoms. The normalized spacial score (nSPS) is 16.7. The molecule has 11 nitrogen and oxygen atoms in total. The Kier molecular flexibility index (Phi) is 5.55. The van der Waals surface area contributed by atoms with Gasteiger partial charge in [-0.05, 0) is 18.6 Å². The highest BCUT2D eigenvalue weighted by Crippen LogP contribution is 2.44. The van der Waals surface area contributed by atoms with E-state index in [-0.39, 0.29) is 19.3 Å². The molecule has 1 fully saturated rings. The third-order valence-electron chi connectivity index (χ3n) is 4.33. The summed E-state index contributed by atoms with van der Waals surface area (Å²) in [5.74, 6) is -4.65. The zero-order chi connectivity index (χ0) is 22.2. The van der Waals surface area contributed by atoms with Crippen molar-refractivity contribution in [1.82, 2.24) is 0 Å². The van der Waals surface area contributed by atoms with E-state index in [1.54, 1.807) is 6.92 Å². The van der Waals surface area contributed by atoms with E-state index in [1.807, 2.05) is 0 Å². The van der Waals surface area contributed by atoms with E-state index in [0.717, 1.165) is 24.3 Å². The Balaban J connectivity index is 2.32. The first kappa shape index (κ1) is 21.3. The van der Waals surface area contributed by atoms with Crippen molar-refractivity contribution in [3.63, 3.8) is 0 Å². The number of hydrogen-bond donors (Lipinski definition) is 1. The molecule has 0 bridgehead atoms. The first-order valence-electron chi connectivity index (χ1n) is 8.83. The number of carbonyl (C=O) groups is 5. The lowest BCUT2D eigenvalue weighted by atomic mass is 10.2. The van der Waals surface area contributed by atoms with Gasteiger partial charge in [-0.1, -0.05) is 6.92 Å². The van der Waals surface area contributed by atoms with Crippen LogP contribution < -0.4 is 14.5 Å². The van der Waals surface area contributed by atoms with Gasteiger partial charge >= 0.3 is 5.97 Å². The molecule has 0 saturated carbocycles. The van der Waals surface area contributed by atoms with Gasteiger partial charge in [0.25, 0.3) is 21.9 Å². The molecule has 2 aliphatic heterocycles. The number of imide groups is 2. The zero-order valence-electron chi connectivity index (χ0n) is 15.7. The smallest absolute Gasteiger partial charge is 0.311 e. The van der Waals surface area contributed by atoms with E-state index in [9.17, 15) is 36.9 Å². The molecule has 2 heterocycles. The molecule has 3 rings (SSSR count). The lowest BCUT2D eigenvalue weighted by Crippen LogP contribution is -2.34. The van der Waals surface area contributed by atoms with Gasteiger partial charge in [0.2, 0.25) is 11.8 Å². The first-order chi connectivity index (χ1) is 14.1. The van der Waals surface area contributed by atoms with E-state index in [1.165, 1.54) is 0 Å². The van der Waals surface area contributed by atoms with E-state index in [2.05, 4.69) is 0 Å². The third kappa shape index (κ3) is 3.74. The molecule has 0 radical (unpaired) electrons. The second-order valence-corrected chi connectivity index (χ2v) is 7.79. The van der Waals surface area contributed by atoms with Crippen molar-refractivity contribution < 1.29 is 41.7 Å². The van der Waals surface area contributed by atoms with Crippen LogP contribution in [-0.4, -0.2) is 42.6 Å². The van der Waals surface area contributed by atoms with Crippen LogP contribution in [0.3, 0.4) is 0 Å². The summed E-state index contributed by atoms with van der Waals surface area (Å²) in [4.78, 5) is 60.7. The summed E-state index contributed by atoms with van der Waals surface area (Å²) in [6, 6.07) is 2.01. The molecule has 0 aromatic heterocycles. The van der Waals surface area contributed by atoms with Crippen LogP contribution in [0.25, 0.3) is 0 Å². The summed E-state index contributed by atoms with van der Waals surface area (Å²) >= 11 is 0. The highest BCUT2D eigenvalue weighted by Gasteiger charge is 2.41. The van der Waals surface area contributed by atoms with Crippen molar-refractivity contribution >= 4 is 51.1 Å². The lowest BCUT2D eigenvalue weighted by Gasteiger charge is -2.24. The Bertz CT molecular complexity index is 1090. The number of nitrogens with zero attached hydrogens (tertiary/aromatic N) is 2. The van der Waals surface area contributed by atoms with Crippen molar-refractivity contribution in [3.05, 3.63) is 24.3 Å². The van der Waals surface area contributed by atoms with Crippen molar-refractivity contribution in [2.24, 2.45) is 0 Å². The van der Waals surface area contributed by atoms with Gasteiger partial charge in [-0.2, -0.15) is 8.42 Å². The minimum Gasteiger partial charge on any atom is -0.424 e. The van der Waals surface area contributed by atoms with Crippen LogP contribution in [0.5, 0.6) is 5.75 Å². The molecule has 1 saturated heterocycles. The van der Waals surface area contributed by atoms with Gasteiger partial charge in [0, 0.05) is 31.4 Å². The van der Waals surface area contributed by atoms with Gasteiger partial charge in [-0.25, -0.2) is 9.80 Å². The number of hydrogen-bond acceptors (Lipinski definition) is 8. The molecule has 0 unspecified atom stereocenters. The molecule has 12 heteroatoms. The van der Waals surface area contributed by atoms with Gasteiger partial charge in [0.15, 0.2) is 5.75 Å². The molecule has 1 aromatic carbocycles. The van der Waals surface area contributed by atoms with Gasteiger partial charge in [0.05, 0.1) is 5.69 Å². The SMILES string of the molecule is CCCC(=O)Oc1ccc(N2C(=O)C=CC2=O)c(S(=O)(=O)O)c1N1C(=O)CCC1=O. The molecular weight excluding hydrogens is 420 g/mol. The quantitative estimate of drug-likeness (QED) is 0.294. The summed E-state index contributed by atoms with van der Waals surface area (Å²) in [6.45, 7) is 1.69. The number of amides is 4. The third-order valence-corrected chi connectivity index (χ3v) is 5.25. The topological polar surface area (TPSA) is 155 Å². The monoisotopic (exact) mass is 436 g/mol. The van der Waals surface area contributed by atoms with Crippen molar-refractivity contribution in [2.45, 2.75) is 37.5 Å². The summed E-state index contributed by atoms with van der Waals surface area (Å²) in [5, 5.41) is 0. The molecule has 30 heavy (non-hydrogen) atoms. The van der Waals surface area contributed by atoms with Crippen LogP contribution in [0.15, 0.2) is 29.2 Å². The van der Waals surface area contributed by atoms with E-state index in [4.69, 9.17) is 4.74 Å². The Morgan fingerprint density at radius 3 is 2.10 bits per heavy atom. The van der Waals surface area contributed by atoms with Gasteiger partial charge in [-0.15, -0.1) is 0 Å². The number of rotatable bonds is 6. The van der Waals surface area contributed by atoms with Crippen LogP contribution >= 0.6 is 0 Å². The average molecular weight is 436 g/mol. The number of anilines is 2. The molecule has 0 atom stereocenters. The fourth-order valence-electron chi connectivity index (χ4n) is 3.11. The minimum atomic E-state index is -5.21. The van der Waals surface area contributed by atoms with Crippen molar-refractivity contribution in [1.29, 1.82) is 0 Å². The second kappa shape index (κ2) is 7.80. The zero-order valence-corrected chi connectivity index (χ0v) is 16.5. The molecule has 4 amide bonds. The van der Waals surface area contributed by atoms with E-state index in [0.29, 0.717) is 16.2 Å². The predicted octanol–water partition coefficient (Wildman–Crippen LogP) is 0.722. The van der Waals surface area contributed by atoms with Crippen LogP contribution in [0.2, 0.25) is 0 Å². The Morgan fingerprint density at radius 1 is 1.03 bits per heavy atom. The molecular formula is C18H16N2O9S. The first-order valence-corrected chi connectivity index (χ1v) is 10.3. The largest absolute Gasteiger partial charge is 0.424 e. The van der Waals surface area contributed by atoms with Crippen molar-refractivity contribution in [3.8, 4) is 5.75 Å². The second-order valence-electron chi connectivity index (χ2n) is 6.43. The highest BCUT2D eigenvalue weighted by atomic mass is 32.2. The Labute approximate surface area is 170 Å². The van der Waals surface area contributed by atoms with E-state index < -0.39 is 61.7 Å². The van der Waals surface area contributed by atoms with Crippen LogP contribution in [0.4, 0.5) is 11.4 Å². The molecule has 2 aliphatic rings. The number of ether oxygens (including phenoxy) is 1. The summed E-state index contributed by atoms with van der Waals surface area (Å²) < 4.78 is 39.6. The van der Waals surface area contributed by atoms with Gasteiger partial charge in [0.1, 0.15) is 10.6 Å². The van der Waals surface area contributed by atoms with Crippen LogP contribution in [0, 0.1) is 0 Å². The van der Waals surface area contributed by atoms with Gasteiger partial charge < -0.3 is 4.74 Å². The van der Waals surface area contributed by atoms with Crippen LogP contribution in [0.1, 0.15) is 32.6 Å². The van der Waals surface area contributed by atoms with Gasteiger partial charge in [-0.3, -0.25) is 28.5 Å². The summed E-state index contributed by atoms with van der Waals surface area (Å²) in [6.07, 6.45) is 1.66. The molecule has 0 aliphatic carbocycles. The van der Waals surface area contributed by atoms with Crippen molar-refractivity contribution in [2.75, 3.05) is 9.80 Å². The maximum absolute atomic E-state index is 12.3. The number of carbonyl (C=O) groups excluding carboxylic acids is 5. The number of esters is 1. The number of benzene rings is 1. The maximum Gasteiger partial charge on any atom is 0.311 e. The Morgan fingerprint density at radius 2 is 1.60 bits per heavy atom. The predicted molar refractivity (Wildman–Crippen MR) is 100 cm³/mol. The minimum absolute atomic E-state index is 0.0443. The maximum atomic E-state index is 12.3. The standard InChI is InChI=1S/C18H16N2O9S/c1-2-3-16(25)29-11-5-4-10(19-12(21)6-7-13(19)22)18(30(26,27)28)17(11)20-14(23)8-9-15(20)24/h4-7H,2-3,8-9H2,1H3,(H,26,27,28). The van der Waals surface area contributed by atoms with Crippen LogP contribution in [-0.2, 0) is 34.1 Å². The Hall–Kier alpha value is -3.38. The molecule has 1 N–H and O–H groups in total. The fourth-order valence-corrected chi connectivity index (χ4v) is 3.97. The fraction of sp³-hybridized carbons (Fsp3) is 0.278. The van der Waals surface area contributed by atoms with E-state index >= 15 is 0 Å². The molecule has 158 valence electrons.